The number of aromatic nitrogens is 1. The first-order valence-electron chi connectivity index (χ1n) is 14.6. The Kier molecular flexibility index (Phi) is 8.56. The third-order valence-electron chi connectivity index (χ3n) is 7.51. The fourth-order valence-electron chi connectivity index (χ4n) is 5.58. The monoisotopic (exact) mass is 531 g/mol. The van der Waals surface area contributed by atoms with Crippen LogP contribution in [-0.4, -0.2) is 4.98 Å². The van der Waals surface area contributed by atoms with Crippen LogP contribution in [0.5, 0.6) is 0 Å². The Balaban J connectivity index is 0.00000165. The van der Waals surface area contributed by atoms with Crippen molar-refractivity contribution in [2.75, 3.05) is 0 Å². The first-order chi connectivity index (χ1) is 20.2. The highest BCUT2D eigenvalue weighted by atomic mass is 14.7. The molecule has 6 aromatic rings. The van der Waals surface area contributed by atoms with Gasteiger partial charge in [0.25, 0.3) is 0 Å². The average molecular weight is 532 g/mol. The smallest absolute Gasteiger partial charge is 0.0721 e. The van der Waals surface area contributed by atoms with Crippen LogP contribution < -0.4 is 10.4 Å². The molecule has 0 N–H and O–H groups in total. The van der Waals surface area contributed by atoms with Crippen molar-refractivity contribution in [3.63, 3.8) is 0 Å². The number of nitrogens with zero attached hydrogens (tertiary/aromatic N) is 1. The van der Waals surface area contributed by atoms with Gasteiger partial charge in [0, 0.05) is 11.1 Å². The molecule has 0 atom stereocenters. The fourth-order valence-corrected chi connectivity index (χ4v) is 5.58. The van der Waals surface area contributed by atoms with Gasteiger partial charge < -0.3 is 0 Å². The summed E-state index contributed by atoms with van der Waals surface area (Å²) in [7, 11) is 0. The van der Waals surface area contributed by atoms with Crippen molar-refractivity contribution in [1.29, 1.82) is 0 Å². The highest BCUT2D eigenvalue weighted by Gasteiger charge is 2.15. The van der Waals surface area contributed by atoms with Crippen LogP contribution in [-0.2, 0) is 0 Å². The third kappa shape index (κ3) is 5.49. The second kappa shape index (κ2) is 12.6. The molecule has 0 aliphatic heterocycles. The van der Waals surface area contributed by atoms with Crippen LogP contribution in [0.15, 0.2) is 121 Å². The van der Waals surface area contributed by atoms with Crippen molar-refractivity contribution in [3.8, 4) is 44.8 Å². The lowest BCUT2D eigenvalue weighted by molar-refractivity contribution is 1.32. The molecule has 0 bridgehead atoms. The molecule has 0 radical (unpaired) electrons. The summed E-state index contributed by atoms with van der Waals surface area (Å²) in [6, 6.07) is 43.2. The van der Waals surface area contributed by atoms with E-state index in [2.05, 4.69) is 148 Å². The Hall–Kier alpha value is -4.75. The zero-order chi connectivity index (χ0) is 28.8. The molecule has 0 spiro atoms. The molecule has 0 aliphatic rings. The number of hydrogen-bond donors (Lipinski definition) is 0. The maximum Gasteiger partial charge on any atom is 0.0721 e. The van der Waals surface area contributed by atoms with Gasteiger partial charge in [0.05, 0.1) is 11.4 Å². The van der Waals surface area contributed by atoms with Gasteiger partial charge in [-0.05, 0) is 76.4 Å². The molecule has 5 aromatic carbocycles. The largest absolute Gasteiger partial charge is 0.248 e. The van der Waals surface area contributed by atoms with E-state index in [-0.39, 0.29) is 0 Å². The highest BCUT2D eigenvalue weighted by Crippen LogP contribution is 2.32. The minimum Gasteiger partial charge on any atom is -0.248 e. The summed E-state index contributed by atoms with van der Waals surface area (Å²) < 4.78 is 0. The molecular weight excluding hydrogens is 494 g/mol. The van der Waals surface area contributed by atoms with Gasteiger partial charge in [0.1, 0.15) is 0 Å². The average Bonchev–Trinajstić information content (AvgIpc) is 3.05. The molecule has 1 nitrogen and oxygen atoms in total. The molecule has 202 valence electrons. The van der Waals surface area contributed by atoms with Crippen molar-refractivity contribution in [3.05, 3.63) is 137 Å². The van der Waals surface area contributed by atoms with E-state index in [1.165, 1.54) is 54.6 Å². The Labute approximate surface area is 244 Å². The van der Waals surface area contributed by atoms with E-state index in [0.29, 0.717) is 0 Å². The Morgan fingerprint density at radius 2 is 0.927 bits per heavy atom. The number of fused-ring (bicyclic) bond motifs is 1. The molecule has 0 saturated heterocycles. The molecular formula is C40H37N. The molecule has 1 heterocycles. The predicted molar refractivity (Wildman–Crippen MR) is 179 cm³/mol. The summed E-state index contributed by atoms with van der Waals surface area (Å²) in [5, 5.41) is 4.90. The number of hydrogen-bond acceptors (Lipinski definition) is 1. The summed E-state index contributed by atoms with van der Waals surface area (Å²) >= 11 is 0. The van der Waals surface area contributed by atoms with Crippen LogP contribution in [0.1, 0.15) is 33.3 Å². The first kappa shape index (κ1) is 27.8. The van der Waals surface area contributed by atoms with Gasteiger partial charge in [-0.1, -0.05) is 141 Å². The summed E-state index contributed by atoms with van der Waals surface area (Å²) in [6.45, 7) is 10.4. The van der Waals surface area contributed by atoms with E-state index in [9.17, 15) is 0 Å². The highest BCUT2D eigenvalue weighted by molar-refractivity contribution is 6.05. The van der Waals surface area contributed by atoms with Crippen molar-refractivity contribution in [1.82, 2.24) is 4.98 Å². The molecule has 0 aliphatic carbocycles. The lowest BCUT2D eigenvalue weighted by Gasteiger charge is -2.16. The van der Waals surface area contributed by atoms with Crippen molar-refractivity contribution in [2.45, 2.75) is 34.6 Å². The zero-order valence-corrected chi connectivity index (χ0v) is 24.6. The van der Waals surface area contributed by atoms with Gasteiger partial charge in [0.2, 0.25) is 0 Å². The van der Waals surface area contributed by atoms with Crippen LogP contribution in [0.4, 0.5) is 0 Å². The first-order valence-corrected chi connectivity index (χ1v) is 14.6. The van der Waals surface area contributed by atoms with Gasteiger partial charge in [-0.15, -0.1) is 0 Å². The van der Waals surface area contributed by atoms with Crippen LogP contribution in [0.2, 0.25) is 0 Å². The third-order valence-corrected chi connectivity index (χ3v) is 7.51. The van der Waals surface area contributed by atoms with Crippen molar-refractivity contribution < 1.29 is 0 Å². The molecule has 1 heteroatoms. The molecule has 41 heavy (non-hydrogen) atoms. The van der Waals surface area contributed by atoms with E-state index < -0.39 is 0 Å². The summed E-state index contributed by atoms with van der Waals surface area (Å²) in [5.41, 5.74) is 10.5. The summed E-state index contributed by atoms with van der Waals surface area (Å²) in [4.78, 5) is 5.17. The second-order valence-electron chi connectivity index (χ2n) is 9.92. The number of benzene rings is 5. The SMILES string of the molecule is C/C=c1/c(-c2ccc(-c3ccc(C)cc3)cc2)c2ccccc2c(-c2cccc(-c3ccccc3)n2)/c1=C/C.CC. The maximum atomic E-state index is 5.17. The predicted octanol–water partition coefficient (Wildman–Crippen LogP) is 9.84. The minimum atomic E-state index is 0.983. The topological polar surface area (TPSA) is 12.9 Å². The van der Waals surface area contributed by atoms with E-state index in [0.717, 1.165) is 17.0 Å². The van der Waals surface area contributed by atoms with Crippen LogP contribution >= 0.6 is 0 Å². The van der Waals surface area contributed by atoms with Crippen LogP contribution in [0, 0.1) is 6.92 Å². The summed E-state index contributed by atoms with van der Waals surface area (Å²) in [6.07, 6.45) is 4.48. The molecule has 0 unspecified atom stereocenters. The molecule has 0 amide bonds. The van der Waals surface area contributed by atoms with Gasteiger partial charge in [-0.2, -0.15) is 0 Å². The molecule has 0 fully saturated rings. The fraction of sp³-hybridized carbons (Fsp3) is 0.125. The van der Waals surface area contributed by atoms with Gasteiger partial charge in [-0.3, -0.25) is 0 Å². The molecule has 6 rings (SSSR count). The van der Waals surface area contributed by atoms with Crippen LogP contribution in [0.25, 0.3) is 67.7 Å². The maximum absolute atomic E-state index is 5.17. The Bertz CT molecular complexity index is 1900. The van der Waals surface area contributed by atoms with E-state index in [4.69, 9.17) is 4.98 Å². The lowest BCUT2D eigenvalue weighted by Crippen LogP contribution is -2.29. The second-order valence-corrected chi connectivity index (χ2v) is 9.92. The normalized spacial score (nSPS) is 11.8. The summed E-state index contributed by atoms with van der Waals surface area (Å²) in [5.74, 6) is 0. The van der Waals surface area contributed by atoms with Gasteiger partial charge in [-0.25, -0.2) is 4.98 Å². The number of pyridine rings is 1. The van der Waals surface area contributed by atoms with Crippen molar-refractivity contribution in [2.24, 2.45) is 0 Å². The quantitative estimate of drug-likeness (QED) is 0.221. The van der Waals surface area contributed by atoms with Crippen LogP contribution in [0.3, 0.4) is 0 Å². The Morgan fingerprint density at radius 1 is 0.439 bits per heavy atom. The van der Waals surface area contributed by atoms with Gasteiger partial charge in [0.15, 0.2) is 0 Å². The van der Waals surface area contributed by atoms with E-state index >= 15 is 0 Å². The molecule has 1 aromatic heterocycles. The lowest BCUT2D eigenvalue weighted by atomic mass is 9.88. The standard InChI is InChI=1S/C38H31N.C2H6/c1-4-31-32(5-2)38(36-17-11-16-35(39-36)29-12-7-6-8-13-29)34-15-10-9-14-33(34)37(31)30-24-22-28(23-25-30)27-20-18-26(3)19-21-27;1-2/h4-25H,1-3H3;1-2H3/b31-4+,32-5+;. The van der Waals surface area contributed by atoms with Crippen molar-refractivity contribution >= 4 is 22.9 Å². The number of aryl methyl sites for hydroxylation is 1. The minimum absolute atomic E-state index is 0.983. The van der Waals surface area contributed by atoms with Gasteiger partial charge >= 0.3 is 0 Å². The van der Waals surface area contributed by atoms with E-state index in [1.807, 2.05) is 19.9 Å². The molecule has 0 saturated carbocycles. The Morgan fingerprint density at radius 3 is 1.54 bits per heavy atom. The zero-order valence-electron chi connectivity index (χ0n) is 24.6. The number of rotatable bonds is 4. The van der Waals surface area contributed by atoms with E-state index in [1.54, 1.807) is 0 Å².